The lowest BCUT2D eigenvalue weighted by Gasteiger charge is -2.20. The predicted octanol–water partition coefficient (Wildman–Crippen LogP) is 5.44. The molecule has 1 aromatic carbocycles. The molecule has 1 aromatic rings. The highest BCUT2D eigenvalue weighted by molar-refractivity contribution is 5.13. The zero-order chi connectivity index (χ0) is 17.1. The Morgan fingerprint density at radius 2 is 1.57 bits per heavy atom. The molecule has 132 valence electrons. The van der Waals surface area contributed by atoms with Crippen molar-refractivity contribution in [1.82, 2.24) is 0 Å². The Bertz CT molecular complexity index is 388. The van der Waals surface area contributed by atoms with Gasteiger partial charge in [-0.05, 0) is 36.2 Å². The van der Waals surface area contributed by atoms with E-state index >= 15 is 0 Å². The summed E-state index contributed by atoms with van der Waals surface area (Å²) in [6, 6.07) is 10.3. The Morgan fingerprint density at radius 3 is 2.22 bits per heavy atom. The second-order valence-corrected chi connectivity index (χ2v) is 7.66. The van der Waals surface area contributed by atoms with Crippen molar-refractivity contribution in [2.24, 2.45) is 17.8 Å². The van der Waals surface area contributed by atoms with Crippen LogP contribution in [-0.4, -0.2) is 17.8 Å². The van der Waals surface area contributed by atoms with Gasteiger partial charge in [-0.2, -0.15) is 0 Å². The summed E-state index contributed by atoms with van der Waals surface area (Å²) in [7, 11) is 0. The second-order valence-electron chi connectivity index (χ2n) is 7.66. The van der Waals surface area contributed by atoms with Gasteiger partial charge in [-0.15, -0.1) is 0 Å². The van der Waals surface area contributed by atoms with Crippen molar-refractivity contribution in [3.63, 3.8) is 0 Å². The van der Waals surface area contributed by atoms with E-state index in [0.29, 0.717) is 25.0 Å². The highest BCUT2D eigenvalue weighted by atomic mass is 16.5. The van der Waals surface area contributed by atoms with Crippen LogP contribution in [0.2, 0.25) is 0 Å². The maximum atomic E-state index is 10.3. The highest BCUT2D eigenvalue weighted by Gasteiger charge is 2.14. The Hall–Kier alpha value is -0.860. The van der Waals surface area contributed by atoms with E-state index in [0.717, 1.165) is 18.8 Å². The average Bonchev–Trinajstić information content (AvgIpc) is 2.47. The Kier molecular flexibility index (Phi) is 10.2. The van der Waals surface area contributed by atoms with Crippen molar-refractivity contribution in [1.29, 1.82) is 0 Å². The minimum absolute atomic E-state index is 0.195. The monoisotopic (exact) mass is 320 g/mol. The molecule has 2 nitrogen and oxygen atoms in total. The molecule has 0 spiro atoms. The lowest BCUT2D eigenvalue weighted by molar-refractivity contribution is 0.0577. The van der Waals surface area contributed by atoms with Crippen LogP contribution in [0.15, 0.2) is 30.3 Å². The maximum Gasteiger partial charge on any atom is 0.0717 e. The van der Waals surface area contributed by atoms with E-state index in [2.05, 4.69) is 39.8 Å². The van der Waals surface area contributed by atoms with Crippen LogP contribution in [-0.2, 0) is 11.3 Å². The van der Waals surface area contributed by atoms with Gasteiger partial charge in [0.25, 0.3) is 0 Å². The zero-order valence-corrected chi connectivity index (χ0v) is 15.5. The van der Waals surface area contributed by atoms with Gasteiger partial charge in [-0.25, -0.2) is 0 Å². The molecule has 0 radical (unpaired) electrons. The van der Waals surface area contributed by atoms with E-state index in [1.54, 1.807) is 0 Å². The molecule has 3 unspecified atom stereocenters. The van der Waals surface area contributed by atoms with Crippen LogP contribution >= 0.6 is 0 Å². The topological polar surface area (TPSA) is 29.5 Å². The lowest BCUT2D eigenvalue weighted by Crippen LogP contribution is -2.18. The number of aliphatic hydroxyl groups is 1. The third kappa shape index (κ3) is 10.5. The summed E-state index contributed by atoms with van der Waals surface area (Å²) < 4.78 is 5.77. The molecule has 3 atom stereocenters. The van der Waals surface area contributed by atoms with Crippen LogP contribution in [0, 0.1) is 17.8 Å². The molecule has 23 heavy (non-hydrogen) atoms. The fourth-order valence-electron chi connectivity index (χ4n) is 3.04. The molecule has 0 amide bonds. The van der Waals surface area contributed by atoms with Gasteiger partial charge in [0.2, 0.25) is 0 Å². The fourth-order valence-corrected chi connectivity index (χ4v) is 3.04. The minimum Gasteiger partial charge on any atom is -0.393 e. The maximum absolute atomic E-state index is 10.3. The van der Waals surface area contributed by atoms with Gasteiger partial charge in [-0.3, -0.25) is 0 Å². The molecular formula is C21H36O2. The SMILES string of the molecule is CC(C)CCCC(C)CC(O)CC(C)COCc1ccccc1. The Labute approximate surface area is 143 Å². The molecule has 1 N–H and O–H groups in total. The average molecular weight is 321 g/mol. The second kappa shape index (κ2) is 11.6. The molecule has 0 bridgehead atoms. The molecule has 0 saturated heterocycles. The molecule has 0 aromatic heterocycles. The smallest absolute Gasteiger partial charge is 0.0717 e. The summed E-state index contributed by atoms with van der Waals surface area (Å²) >= 11 is 0. The molecule has 1 rings (SSSR count). The Balaban J connectivity index is 2.11. The van der Waals surface area contributed by atoms with Crippen LogP contribution in [0.3, 0.4) is 0 Å². The van der Waals surface area contributed by atoms with E-state index in [9.17, 15) is 5.11 Å². The van der Waals surface area contributed by atoms with E-state index in [1.165, 1.54) is 24.8 Å². The molecule has 0 aliphatic rings. The number of benzene rings is 1. The molecule has 0 aliphatic heterocycles. The fraction of sp³-hybridized carbons (Fsp3) is 0.714. The Morgan fingerprint density at radius 1 is 0.913 bits per heavy atom. The first-order valence-corrected chi connectivity index (χ1v) is 9.27. The van der Waals surface area contributed by atoms with Crippen LogP contribution in [0.5, 0.6) is 0 Å². The van der Waals surface area contributed by atoms with Crippen molar-refractivity contribution in [2.75, 3.05) is 6.61 Å². The van der Waals surface area contributed by atoms with Crippen LogP contribution in [0.1, 0.15) is 65.4 Å². The first-order valence-electron chi connectivity index (χ1n) is 9.27. The summed E-state index contributed by atoms with van der Waals surface area (Å²) in [6.07, 6.45) is 5.36. The van der Waals surface area contributed by atoms with Crippen LogP contribution in [0.25, 0.3) is 0 Å². The van der Waals surface area contributed by atoms with Crippen molar-refractivity contribution < 1.29 is 9.84 Å². The van der Waals surface area contributed by atoms with Gasteiger partial charge >= 0.3 is 0 Å². The minimum atomic E-state index is -0.195. The zero-order valence-electron chi connectivity index (χ0n) is 15.5. The third-order valence-electron chi connectivity index (χ3n) is 4.34. The highest BCUT2D eigenvalue weighted by Crippen LogP contribution is 2.20. The van der Waals surface area contributed by atoms with E-state index in [-0.39, 0.29) is 6.10 Å². The van der Waals surface area contributed by atoms with E-state index in [4.69, 9.17) is 4.74 Å². The summed E-state index contributed by atoms with van der Waals surface area (Å²) in [5.74, 6) is 1.80. The van der Waals surface area contributed by atoms with E-state index in [1.807, 2.05) is 18.2 Å². The third-order valence-corrected chi connectivity index (χ3v) is 4.34. The lowest BCUT2D eigenvalue weighted by atomic mass is 9.92. The number of aliphatic hydroxyl groups excluding tert-OH is 1. The van der Waals surface area contributed by atoms with E-state index < -0.39 is 0 Å². The van der Waals surface area contributed by atoms with Crippen LogP contribution in [0.4, 0.5) is 0 Å². The molecule has 0 saturated carbocycles. The van der Waals surface area contributed by atoms with Gasteiger partial charge in [-0.1, -0.05) is 77.3 Å². The number of hydrogen-bond acceptors (Lipinski definition) is 2. The number of rotatable bonds is 12. The predicted molar refractivity (Wildman–Crippen MR) is 98.4 cm³/mol. The normalized spacial score (nSPS) is 15.6. The largest absolute Gasteiger partial charge is 0.393 e. The molecule has 0 heterocycles. The van der Waals surface area contributed by atoms with Crippen molar-refractivity contribution in [3.05, 3.63) is 35.9 Å². The van der Waals surface area contributed by atoms with Gasteiger partial charge in [0.05, 0.1) is 12.7 Å². The van der Waals surface area contributed by atoms with Gasteiger partial charge in [0, 0.05) is 6.61 Å². The van der Waals surface area contributed by atoms with Crippen molar-refractivity contribution >= 4 is 0 Å². The first-order chi connectivity index (χ1) is 11.0. The summed E-state index contributed by atoms with van der Waals surface area (Å²) in [4.78, 5) is 0. The molecular weight excluding hydrogens is 284 g/mol. The quantitative estimate of drug-likeness (QED) is 0.555. The standard InChI is InChI=1S/C21H36O2/c1-17(2)9-8-10-18(3)13-21(22)14-19(4)15-23-16-20-11-6-5-7-12-20/h5-7,11-12,17-19,21-22H,8-10,13-16H2,1-4H3. The van der Waals surface area contributed by atoms with Gasteiger partial charge in [0.15, 0.2) is 0 Å². The number of hydrogen-bond donors (Lipinski definition) is 1. The van der Waals surface area contributed by atoms with Crippen molar-refractivity contribution in [2.45, 2.75) is 72.5 Å². The molecule has 2 heteroatoms. The summed E-state index contributed by atoms with van der Waals surface area (Å²) in [5, 5.41) is 10.3. The number of ether oxygens (including phenoxy) is 1. The first kappa shape index (κ1) is 20.2. The van der Waals surface area contributed by atoms with Crippen molar-refractivity contribution in [3.8, 4) is 0 Å². The van der Waals surface area contributed by atoms with Gasteiger partial charge < -0.3 is 9.84 Å². The molecule has 0 fully saturated rings. The van der Waals surface area contributed by atoms with Crippen LogP contribution < -0.4 is 0 Å². The van der Waals surface area contributed by atoms with Gasteiger partial charge in [0.1, 0.15) is 0 Å². The summed E-state index contributed by atoms with van der Waals surface area (Å²) in [5.41, 5.74) is 1.21. The molecule has 0 aliphatic carbocycles. The summed E-state index contributed by atoms with van der Waals surface area (Å²) in [6.45, 7) is 10.4.